The van der Waals surface area contributed by atoms with E-state index in [9.17, 15) is 27.2 Å². The van der Waals surface area contributed by atoms with E-state index in [-0.39, 0.29) is 17.9 Å². The highest BCUT2D eigenvalue weighted by atomic mass is 19.4. The average Bonchev–Trinajstić information content (AvgIpc) is 3.04. The molecule has 0 aliphatic carbocycles. The number of ether oxygens (including phenoxy) is 1. The zero-order valence-electron chi connectivity index (χ0n) is 20.6. The van der Waals surface area contributed by atoms with Gasteiger partial charge in [0.05, 0.1) is 42.2 Å². The van der Waals surface area contributed by atoms with Crippen LogP contribution in [0.2, 0.25) is 0 Å². The first-order valence-electron chi connectivity index (χ1n) is 11.3. The molecule has 1 heterocycles. The summed E-state index contributed by atoms with van der Waals surface area (Å²) in [5.74, 6) is -0.966. The number of para-hydroxylation sites is 1. The molecule has 3 amide bonds. The first-order chi connectivity index (χ1) is 17.9. The fourth-order valence-electron chi connectivity index (χ4n) is 4.15. The summed E-state index contributed by atoms with van der Waals surface area (Å²) in [7, 11) is 1.42. The van der Waals surface area contributed by atoms with Gasteiger partial charge in [0.15, 0.2) is 0 Å². The number of carbonyl (C=O) groups excluding carboxylic acids is 2. The van der Waals surface area contributed by atoms with Gasteiger partial charge in [0, 0.05) is 11.8 Å². The van der Waals surface area contributed by atoms with Crippen molar-refractivity contribution in [2.24, 2.45) is 0 Å². The van der Waals surface area contributed by atoms with Gasteiger partial charge in [0.25, 0.3) is 5.91 Å². The van der Waals surface area contributed by atoms with Crippen LogP contribution in [0.1, 0.15) is 30.5 Å². The van der Waals surface area contributed by atoms with Gasteiger partial charge in [0.2, 0.25) is 0 Å². The third-order valence-electron chi connectivity index (χ3n) is 6.30. The summed E-state index contributed by atoms with van der Waals surface area (Å²) in [6.45, 7) is 2.87. The molecular weight excluding hydrogens is 504 g/mol. The van der Waals surface area contributed by atoms with Gasteiger partial charge in [-0.05, 0) is 55.8 Å². The van der Waals surface area contributed by atoms with Crippen LogP contribution in [0.25, 0.3) is 0 Å². The van der Waals surface area contributed by atoms with Crippen molar-refractivity contribution in [2.45, 2.75) is 32.1 Å². The first-order valence-corrected chi connectivity index (χ1v) is 11.3. The van der Waals surface area contributed by atoms with Gasteiger partial charge < -0.3 is 15.0 Å². The van der Waals surface area contributed by atoms with Crippen LogP contribution in [0.15, 0.2) is 60.7 Å². The molecule has 38 heavy (non-hydrogen) atoms. The van der Waals surface area contributed by atoms with Gasteiger partial charge in [-0.3, -0.25) is 4.79 Å². The van der Waals surface area contributed by atoms with E-state index in [1.165, 1.54) is 44.1 Å². The van der Waals surface area contributed by atoms with Crippen LogP contribution in [0.5, 0.6) is 5.75 Å². The molecule has 1 aliphatic heterocycles. The number of nitrogens with zero attached hydrogens (tertiary/aromatic N) is 3. The fourth-order valence-corrected chi connectivity index (χ4v) is 4.15. The SMILES string of the molecule is COc1ccc(Nc2ccccc2CN2C(=O)N(c3ccc(C#N)c(C(F)(F)F)c3)C(=O)C2(C)C)c(F)c1. The number of benzene rings is 3. The molecule has 196 valence electrons. The maximum atomic E-state index is 14.5. The van der Waals surface area contributed by atoms with Crippen molar-refractivity contribution in [3.63, 3.8) is 0 Å². The van der Waals surface area contributed by atoms with Crippen LogP contribution < -0.4 is 15.0 Å². The minimum atomic E-state index is -4.86. The third-order valence-corrected chi connectivity index (χ3v) is 6.30. The van der Waals surface area contributed by atoms with Gasteiger partial charge in [-0.25, -0.2) is 14.1 Å². The zero-order valence-corrected chi connectivity index (χ0v) is 20.6. The van der Waals surface area contributed by atoms with E-state index >= 15 is 0 Å². The summed E-state index contributed by atoms with van der Waals surface area (Å²) < 4.78 is 60.1. The summed E-state index contributed by atoms with van der Waals surface area (Å²) in [5.41, 5.74) is -2.43. The highest BCUT2D eigenvalue weighted by Crippen LogP contribution is 2.39. The van der Waals surface area contributed by atoms with Gasteiger partial charge in [-0.1, -0.05) is 18.2 Å². The Kier molecular flexibility index (Phi) is 6.76. The second-order valence-electron chi connectivity index (χ2n) is 9.04. The summed E-state index contributed by atoms with van der Waals surface area (Å²) in [4.78, 5) is 28.6. The molecule has 0 spiro atoms. The normalized spacial score (nSPS) is 15.0. The van der Waals surface area contributed by atoms with E-state index in [0.29, 0.717) is 28.0 Å². The number of urea groups is 1. The lowest BCUT2D eigenvalue weighted by Crippen LogP contribution is -2.43. The monoisotopic (exact) mass is 526 g/mol. The lowest BCUT2D eigenvalue weighted by Gasteiger charge is -2.28. The first kappa shape index (κ1) is 26.5. The van der Waals surface area contributed by atoms with Gasteiger partial charge >= 0.3 is 12.2 Å². The van der Waals surface area contributed by atoms with E-state index in [4.69, 9.17) is 10.00 Å². The van der Waals surface area contributed by atoms with Gasteiger partial charge in [-0.15, -0.1) is 0 Å². The van der Waals surface area contributed by atoms with Crippen LogP contribution in [0.4, 0.5) is 39.4 Å². The molecule has 0 unspecified atom stereocenters. The number of imide groups is 1. The number of alkyl halides is 3. The van der Waals surface area contributed by atoms with E-state index < -0.39 is 40.6 Å². The van der Waals surface area contributed by atoms with Crippen LogP contribution >= 0.6 is 0 Å². The molecule has 1 aliphatic rings. The smallest absolute Gasteiger partial charge is 0.417 e. The Morgan fingerprint density at radius 1 is 1.03 bits per heavy atom. The number of hydrogen-bond acceptors (Lipinski definition) is 5. The topological polar surface area (TPSA) is 85.7 Å². The Morgan fingerprint density at radius 3 is 2.37 bits per heavy atom. The van der Waals surface area contributed by atoms with Crippen molar-refractivity contribution >= 4 is 29.0 Å². The van der Waals surface area contributed by atoms with Crippen LogP contribution in [0.3, 0.4) is 0 Å². The summed E-state index contributed by atoms with van der Waals surface area (Å²) >= 11 is 0. The number of carbonyl (C=O) groups is 2. The highest BCUT2D eigenvalue weighted by Gasteiger charge is 2.52. The van der Waals surface area contributed by atoms with E-state index in [1.807, 2.05) is 0 Å². The van der Waals surface area contributed by atoms with Gasteiger partial charge in [0.1, 0.15) is 17.1 Å². The Hall–Kier alpha value is -4.59. The number of methoxy groups -OCH3 is 1. The summed E-state index contributed by atoms with van der Waals surface area (Å²) in [6.07, 6.45) is -4.86. The largest absolute Gasteiger partial charge is 0.497 e. The Morgan fingerprint density at radius 2 is 1.74 bits per heavy atom. The van der Waals surface area contributed by atoms with Crippen molar-refractivity contribution in [3.05, 3.63) is 83.2 Å². The molecule has 0 saturated carbocycles. The van der Waals surface area contributed by atoms with Crippen molar-refractivity contribution in [3.8, 4) is 11.8 Å². The minimum Gasteiger partial charge on any atom is -0.497 e. The molecule has 0 bridgehead atoms. The molecule has 4 rings (SSSR count). The standard InChI is InChI=1S/C27H22F4N4O3/c1-26(2)24(36)35(18-9-8-16(14-32)20(12-18)27(29,30)31)25(37)34(26)15-17-6-4-5-7-22(17)33-23-11-10-19(38-3)13-21(23)28/h4-13,33H,15H2,1-3H3. The molecule has 0 atom stereocenters. The maximum Gasteiger partial charge on any atom is 0.417 e. The number of amides is 3. The van der Waals surface area contributed by atoms with Crippen LogP contribution in [-0.4, -0.2) is 29.5 Å². The molecule has 1 N–H and O–H groups in total. The predicted molar refractivity (Wildman–Crippen MR) is 131 cm³/mol. The van der Waals surface area contributed by atoms with Crippen LogP contribution in [-0.2, 0) is 17.5 Å². The molecule has 11 heteroatoms. The number of rotatable bonds is 6. The lowest BCUT2D eigenvalue weighted by molar-refractivity contribution is -0.137. The molecule has 1 fully saturated rings. The van der Waals surface area contributed by atoms with E-state index in [0.717, 1.165) is 12.1 Å². The summed E-state index contributed by atoms with van der Waals surface area (Å²) in [6, 6.07) is 14.4. The Balaban J connectivity index is 1.67. The third kappa shape index (κ3) is 4.72. The quantitative estimate of drug-likeness (QED) is 0.305. The molecule has 1 saturated heterocycles. The number of hydrogen-bond donors (Lipinski definition) is 1. The second-order valence-corrected chi connectivity index (χ2v) is 9.04. The molecule has 0 aromatic heterocycles. The fraction of sp³-hybridized carbons (Fsp3) is 0.222. The summed E-state index contributed by atoms with van der Waals surface area (Å²) in [5, 5.41) is 12.0. The Labute approximate surface area is 215 Å². The van der Waals surface area contributed by atoms with Crippen LogP contribution in [0, 0.1) is 17.1 Å². The average molecular weight is 526 g/mol. The molecule has 3 aromatic rings. The molecule has 7 nitrogen and oxygen atoms in total. The Bertz CT molecular complexity index is 1460. The number of halogens is 4. The molecule has 0 radical (unpaired) electrons. The zero-order chi connectivity index (χ0) is 27.8. The molecule has 3 aromatic carbocycles. The number of anilines is 3. The lowest BCUT2D eigenvalue weighted by atomic mass is 10.0. The number of nitrogens with one attached hydrogen (secondary N) is 1. The second kappa shape index (κ2) is 9.70. The minimum absolute atomic E-state index is 0.0998. The number of nitriles is 1. The van der Waals surface area contributed by atoms with E-state index in [2.05, 4.69) is 5.32 Å². The van der Waals surface area contributed by atoms with Crippen molar-refractivity contribution in [1.29, 1.82) is 5.26 Å². The predicted octanol–water partition coefficient (Wildman–Crippen LogP) is 6.22. The van der Waals surface area contributed by atoms with Crippen molar-refractivity contribution in [2.75, 3.05) is 17.3 Å². The van der Waals surface area contributed by atoms with E-state index in [1.54, 1.807) is 30.3 Å². The highest BCUT2D eigenvalue weighted by molar-refractivity contribution is 6.23. The molecular formula is C27H22F4N4O3. The van der Waals surface area contributed by atoms with Gasteiger partial charge in [-0.2, -0.15) is 18.4 Å². The van der Waals surface area contributed by atoms with Crippen molar-refractivity contribution < 1.29 is 31.9 Å². The van der Waals surface area contributed by atoms with Crippen molar-refractivity contribution in [1.82, 2.24) is 4.90 Å². The maximum absolute atomic E-state index is 14.5.